The lowest BCUT2D eigenvalue weighted by Gasteiger charge is -2.30. The fourth-order valence-electron chi connectivity index (χ4n) is 2.07. The third-order valence-corrected chi connectivity index (χ3v) is 3.21. The minimum Gasteiger partial charge on any atom is -0.432 e. The molecule has 0 aromatic carbocycles. The van der Waals surface area contributed by atoms with E-state index < -0.39 is 0 Å². The summed E-state index contributed by atoms with van der Waals surface area (Å²) in [5.41, 5.74) is 6.33. The summed E-state index contributed by atoms with van der Waals surface area (Å²) in [6, 6.07) is 0.741. The molecule has 4 nitrogen and oxygen atoms in total. The monoisotopic (exact) mass is 209 g/mol. The second kappa shape index (κ2) is 4.66. The minimum absolute atomic E-state index is 0.453. The van der Waals surface area contributed by atoms with Gasteiger partial charge in [-0.05, 0) is 18.8 Å². The zero-order valence-corrected chi connectivity index (χ0v) is 9.28. The van der Waals surface area contributed by atoms with Crippen LogP contribution in [0.4, 0.5) is 6.01 Å². The van der Waals surface area contributed by atoms with Crippen LogP contribution in [0.3, 0.4) is 0 Å². The number of anilines is 1. The summed E-state index contributed by atoms with van der Waals surface area (Å²) in [6.45, 7) is 4.83. The molecule has 0 unspecified atom stereocenters. The van der Waals surface area contributed by atoms with Crippen molar-refractivity contribution in [3.8, 4) is 0 Å². The van der Waals surface area contributed by atoms with Crippen LogP contribution in [-0.2, 0) is 6.54 Å². The van der Waals surface area contributed by atoms with Gasteiger partial charge in [0.15, 0.2) is 0 Å². The van der Waals surface area contributed by atoms with E-state index in [9.17, 15) is 0 Å². The Morgan fingerprint density at radius 1 is 1.53 bits per heavy atom. The van der Waals surface area contributed by atoms with Gasteiger partial charge in [0.05, 0.1) is 5.69 Å². The smallest absolute Gasteiger partial charge is 0.297 e. The highest BCUT2D eigenvalue weighted by atomic mass is 16.4. The molecular formula is C11H19N3O. The lowest BCUT2D eigenvalue weighted by atomic mass is 9.95. The number of hydrogen-bond donors (Lipinski definition) is 1. The van der Waals surface area contributed by atoms with Crippen molar-refractivity contribution in [1.29, 1.82) is 0 Å². The van der Waals surface area contributed by atoms with E-state index >= 15 is 0 Å². The average molecular weight is 209 g/mol. The summed E-state index contributed by atoms with van der Waals surface area (Å²) in [4.78, 5) is 6.55. The van der Waals surface area contributed by atoms with E-state index in [4.69, 9.17) is 10.2 Å². The van der Waals surface area contributed by atoms with Gasteiger partial charge >= 0.3 is 0 Å². The standard InChI is InChI=1S/C11H19N3O/c1-2-9-3-5-14(6-4-9)11-13-10(7-12)8-15-11/h8-9H,2-7,12H2,1H3. The molecular weight excluding hydrogens is 190 g/mol. The Morgan fingerprint density at radius 2 is 2.27 bits per heavy atom. The number of aromatic nitrogens is 1. The molecule has 15 heavy (non-hydrogen) atoms. The first-order valence-corrected chi connectivity index (χ1v) is 5.73. The molecule has 0 spiro atoms. The fourth-order valence-corrected chi connectivity index (χ4v) is 2.07. The molecule has 0 radical (unpaired) electrons. The molecule has 1 saturated heterocycles. The van der Waals surface area contributed by atoms with Crippen LogP contribution in [0.5, 0.6) is 0 Å². The maximum absolute atomic E-state index is 5.50. The summed E-state index contributed by atoms with van der Waals surface area (Å²) in [7, 11) is 0. The van der Waals surface area contributed by atoms with Gasteiger partial charge in [0.1, 0.15) is 6.26 Å². The van der Waals surface area contributed by atoms with Gasteiger partial charge in [-0.2, -0.15) is 4.98 Å². The van der Waals surface area contributed by atoms with Crippen molar-refractivity contribution in [2.24, 2.45) is 11.7 Å². The van der Waals surface area contributed by atoms with Crippen molar-refractivity contribution in [2.45, 2.75) is 32.7 Å². The van der Waals surface area contributed by atoms with Gasteiger partial charge in [-0.25, -0.2) is 0 Å². The van der Waals surface area contributed by atoms with Crippen molar-refractivity contribution < 1.29 is 4.42 Å². The van der Waals surface area contributed by atoms with Crippen LogP contribution in [0.15, 0.2) is 10.7 Å². The maximum Gasteiger partial charge on any atom is 0.297 e. The maximum atomic E-state index is 5.50. The first-order valence-electron chi connectivity index (χ1n) is 5.73. The van der Waals surface area contributed by atoms with E-state index in [0.717, 1.165) is 30.7 Å². The van der Waals surface area contributed by atoms with E-state index in [-0.39, 0.29) is 0 Å². The summed E-state index contributed by atoms with van der Waals surface area (Å²) in [5.74, 6) is 0.880. The third-order valence-electron chi connectivity index (χ3n) is 3.21. The zero-order chi connectivity index (χ0) is 10.7. The minimum atomic E-state index is 0.453. The molecule has 1 aliphatic heterocycles. The van der Waals surface area contributed by atoms with E-state index in [0.29, 0.717) is 6.54 Å². The van der Waals surface area contributed by atoms with Gasteiger partial charge in [-0.3, -0.25) is 0 Å². The Balaban J connectivity index is 1.95. The molecule has 1 aromatic heterocycles. The van der Waals surface area contributed by atoms with Crippen LogP contribution in [-0.4, -0.2) is 18.1 Å². The SMILES string of the molecule is CCC1CCN(c2nc(CN)co2)CC1. The van der Waals surface area contributed by atoms with Crippen LogP contribution in [0.1, 0.15) is 31.9 Å². The molecule has 0 saturated carbocycles. The fraction of sp³-hybridized carbons (Fsp3) is 0.727. The summed E-state index contributed by atoms with van der Waals surface area (Å²) < 4.78 is 5.40. The van der Waals surface area contributed by atoms with Crippen LogP contribution in [0, 0.1) is 5.92 Å². The van der Waals surface area contributed by atoms with Crippen molar-refractivity contribution in [3.63, 3.8) is 0 Å². The van der Waals surface area contributed by atoms with Crippen molar-refractivity contribution in [1.82, 2.24) is 4.98 Å². The lowest BCUT2D eigenvalue weighted by molar-refractivity contribution is 0.378. The highest BCUT2D eigenvalue weighted by molar-refractivity contribution is 5.27. The van der Waals surface area contributed by atoms with Gasteiger partial charge in [-0.1, -0.05) is 13.3 Å². The van der Waals surface area contributed by atoms with Crippen molar-refractivity contribution >= 4 is 6.01 Å². The van der Waals surface area contributed by atoms with Gasteiger partial charge in [0.25, 0.3) is 6.01 Å². The average Bonchev–Trinajstić information content (AvgIpc) is 2.78. The van der Waals surface area contributed by atoms with E-state index in [2.05, 4.69) is 16.8 Å². The van der Waals surface area contributed by atoms with E-state index in [1.54, 1.807) is 6.26 Å². The molecule has 84 valence electrons. The summed E-state index contributed by atoms with van der Waals surface area (Å²) >= 11 is 0. The first kappa shape index (κ1) is 10.5. The molecule has 1 fully saturated rings. The lowest BCUT2D eigenvalue weighted by Crippen LogP contribution is -2.33. The summed E-state index contributed by atoms with van der Waals surface area (Å²) in [5, 5.41) is 0. The molecule has 2 rings (SSSR count). The van der Waals surface area contributed by atoms with Crippen molar-refractivity contribution in [3.05, 3.63) is 12.0 Å². The van der Waals surface area contributed by atoms with E-state index in [1.807, 2.05) is 0 Å². The third kappa shape index (κ3) is 2.31. The Bertz CT molecular complexity index is 303. The van der Waals surface area contributed by atoms with Gasteiger partial charge in [0.2, 0.25) is 0 Å². The Hall–Kier alpha value is -1.03. The van der Waals surface area contributed by atoms with Crippen LogP contribution < -0.4 is 10.6 Å². The Kier molecular flexibility index (Phi) is 3.26. The Labute approximate surface area is 90.5 Å². The summed E-state index contributed by atoms with van der Waals surface area (Å²) in [6.07, 6.45) is 5.43. The molecule has 4 heteroatoms. The largest absolute Gasteiger partial charge is 0.432 e. The number of nitrogens with zero attached hydrogens (tertiary/aromatic N) is 2. The molecule has 2 heterocycles. The number of rotatable bonds is 3. The van der Waals surface area contributed by atoms with Crippen molar-refractivity contribution in [2.75, 3.05) is 18.0 Å². The highest BCUT2D eigenvalue weighted by Crippen LogP contribution is 2.24. The van der Waals surface area contributed by atoms with E-state index in [1.165, 1.54) is 19.3 Å². The van der Waals surface area contributed by atoms with Crippen LogP contribution in [0.2, 0.25) is 0 Å². The second-order valence-electron chi connectivity index (χ2n) is 4.16. The molecule has 1 aliphatic rings. The molecule has 1 aromatic rings. The van der Waals surface area contributed by atoms with Gasteiger partial charge in [-0.15, -0.1) is 0 Å². The molecule has 0 atom stereocenters. The molecule has 0 amide bonds. The zero-order valence-electron chi connectivity index (χ0n) is 9.28. The number of nitrogens with two attached hydrogens (primary N) is 1. The predicted octanol–water partition coefficient (Wildman–Crippen LogP) is 1.76. The van der Waals surface area contributed by atoms with Crippen LogP contribution in [0.25, 0.3) is 0 Å². The van der Waals surface area contributed by atoms with Gasteiger partial charge in [0, 0.05) is 19.6 Å². The number of piperidine rings is 1. The first-order chi connectivity index (χ1) is 7.33. The predicted molar refractivity (Wildman–Crippen MR) is 59.6 cm³/mol. The molecule has 0 bridgehead atoms. The van der Waals surface area contributed by atoms with Crippen LogP contribution >= 0.6 is 0 Å². The van der Waals surface area contributed by atoms with Gasteiger partial charge < -0.3 is 15.1 Å². The number of hydrogen-bond acceptors (Lipinski definition) is 4. The normalized spacial score (nSPS) is 18.4. The topological polar surface area (TPSA) is 55.3 Å². The highest BCUT2D eigenvalue weighted by Gasteiger charge is 2.20. The molecule has 0 aliphatic carbocycles. The second-order valence-corrected chi connectivity index (χ2v) is 4.16. The Morgan fingerprint density at radius 3 is 2.80 bits per heavy atom. The number of oxazole rings is 1. The molecule has 2 N–H and O–H groups in total. The quantitative estimate of drug-likeness (QED) is 0.824.